The SMILES string of the molecule is [2H]C([2H])([2H])c1ccc(-c2nc3ccccc3n2C([2H])([2H])[2H])cc1. The van der Waals surface area contributed by atoms with E-state index in [1.807, 2.05) is 0 Å². The van der Waals surface area contributed by atoms with Gasteiger partial charge in [0.2, 0.25) is 0 Å². The van der Waals surface area contributed by atoms with Gasteiger partial charge in [0.15, 0.2) is 0 Å². The van der Waals surface area contributed by atoms with Crippen LogP contribution in [0.25, 0.3) is 22.4 Å². The zero-order valence-corrected chi connectivity index (χ0v) is 9.01. The predicted octanol–water partition coefficient (Wildman–Crippen LogP) is 3.55. The molecule has 0 amide bonds. The van der Waals surface area contributed by atoms with E-state index in [-0.39, 0.29) is 5.56 Å². The van der Waals surface area contributed by atoms with Gasteiger partial charge in [-0.3, -0.25) is 0 Å². The van der Waals surface area contributed by atoms with Crippen molar-refractivity contribution in [2.45, 2.75) is 6.85 Å². The Morgan fingerprint density at radius 3 is 2.65 bits per heavy atom. The number of nitrogens with zero attached hydrogens (tertiary/aromatic N) is 2. The molecule has 2 nitrogen and oxygen atoms in total. The second kappa shape index (κ2) is 3.74. The average molecular weight is 228 g/mol. The maximum absolute atomic E-state index is 7.77. The lowest BCUT2D eigenvalue weighted by Gasteiger charge is -2.02. The van der Waals surface area contributed by atoms with Gasteiger partial charge in [-0.05, 0) is 19.0 Å². The van der Waals surface area contributed by atoms with Crippen LogP contribution in [0.5, 0.6) is 0 Å². The highest BCUT2D eigenvalue weighted by Gasteiger charge is 2.08. The average Bonchev–Trinajstić information content (AvgIpc) is 2.86. The number of para-hydroxylation sites is 2. The molecule has 0 unspecified atom stereocenters. The second-order valence-corrected chi connectivity index (χ2v) is 3.84. The van der Waals surface area contributed by atoms with E-state index >= 15 is 0 Å². The van der Waals surface area contributed by atoms with Crippen LogP contribution in [0.2, 0.25) is 0 Å². The van der Waals surface area contributed by atoms with Gasteiger partial charge >= 0.3 is 0 Å². The molecule has 3 aromatic rings. The maximum atomic E-state index is 7.77. The van der Waals surface area contributed by atoms with Crippen molar-refractivity contribution in [1.29, 1.82) is 0 Å². The highest BCUT2D eigenvalue weighted by atomic mass is 15.1. The van der Waals surface area contributed by atoms with Gasteiger partial charge in [-0.1, -0.05) is 42.0 Å². The second-order valence-electron chi connectivity index (χ2n) is 3.84. The molecule has 84 valence electrons. The topological polar surface area (TPSA) is 17.8 Å². The Morgan fingerprint density at radius 2 is 1.88 bits per heavy atom. The Balaban J connectivity index is 2.20. The molecule has 0 aliphatic rings. The number of imidazole rings is 1. The monoisotopic (exact) mass is 228 g/mol. The highest BCUT2D eigenvalue weighted by molar-refractivity contribution is 5.80. The molecule has 0 fully saturated rings. The van der Waals surface area contributed by atoms with Gasteiger partial charge in [0.05, 0.1) is 11.0 Å². The smallest absolute Gasteiger partial charge is 0.140 e. The molecule has 0 saturated carbocycles. The van der Waals surface area contributed by atoms with Gasteiger partial charge < -0.3 is 4.57 Å². The van der Waals surface area contributed by atoms with Crippen molar-refractivity contribution in [3.05, 3.63) is 54.1 Å². The number of hydrogen-bond donors (Lipinski definition) is 0. The largest absolute Gasteiger partial charge is 0.327 e. The fourth-order valence-electron chi connectivity index (χ4n) is 1.84. The zero-order valence-electron chi connectivity index (χ0n) is 15.0. The molecular weight excluding hydrogens is 208 g/mol. The number of hydrogen-bond acceptors (Lipinski definition) is 1. The summed E-state index contributed by atoms with van der Waals surface area (Å²) in [6, 6.07) is 13.1. The summed E-state index contributed by atoms with van der Waals surface area (Å²) in [6.07, 6.45) is 0. The number of benzene rings is 2. The summed E-state index contributed by atoms with van der Waals surface area (Å²) in [4.78, 5) is 4.40. The third-order valence-corrected chi connectivity index (χ3v) is 2.70. The molecule has 0 aliphatic heterocycles. The third-order valence-electron chi connectivity index (χ3n) is 2.70. The van der Waals surface area contributed by atoms with Crippen LogP contribution in [0.15, 0.2) is 48.5 Å². The molecule has 0 spiro atoms. The summed E-state index contributed by atoms with van der Waals surface area (Å²) >= 11 is 0. The van der Waals surface area contributed by atoms with Gasteiger partial charge in [-0.2, -0.15) is 0 Å². The molecule has 0 atom stereocenters. The molecule has 3 rings (SSSR count). The summed E-state index contributed by atoms with van der Waals surface area (Å²) in [5.74, 6) is 0.295. The Hall–Kier alpha value is -2.09. The molecule has 0 N–H and O–H groups in total. The van der Waals surface area contributed by atoms with Gasteiger partial charge in [-0.15, -0.1) is 0 Å². The standard InChI is InChI=1S/C15H14N2/c1-11-7-9-12(10-8-11)15-16-13-5-3-4-6-14(13)17(15)2/h3-10H,1-2H3/i1D3,2D3. The van der Waals surface area contributed by atoms with Crippen LogP contribution in [-0.4, -0.2) is 9.55 Å². The quantitative estimate of drug-likeness (QED) is 0.623. The van der Waals surface area contributed by atoms with E-state index in [1.54, 1.807) is 36.4 Å². The molecular formula is C15H14N2. The lowest BCUT2D eigenvalue weighted by molar-refractivity contribution is 0.959. The van der Waals surface area contributed by atoms with E-state index in [0.29, 0.717) is 22.4 Å². The Bertz CT molecular complexity index is 843. The van der Waals surface area contributed by atoms with E-state index in [2.05, 4.69) is 4.98 Å². The van der Waals surface area contributed by atoms with E-state index < -0.39 is 13.8 Å². The molecule has 0 bridgehead atoms. The van der Waals surface area contributed by atoms with Crippen LogP contribution in [0, 0.1) is 6.85 Å². The fraction of sp³-hybridized carbons (Fsp3) is 0.133. The number of fused-ring (bicyclic) bond motifs is 1. The van der Waals surface area contributed by atoms with Crippen molar-refractivity contribution in [3.63, 3.8) is 0 Å². The number of aromatic nitrogens is 2. The Kier molecular flexibility index (Phi) is 1.21. The molecule has 1 aromatic heterocycles. The van der Waals surface area contributed by atoms with E-state index in [9.17, 15) is 0 Å². The molecule has 1 heterocycles. The van der Waals surface area contributed by atoms with Crippen LogP contribution in [0.3, 0.4) is 0 Å². The Labute approximate surface area is 109 Å². The predicted molar refractivity (Wildman–Crippen MR) is 70.9 cm³/mol. The molecule has 0 aliphatic carbocycles. The molecule has 0 saturated heterocycles. The van der Waals surface area contributed by atoms with Crippen molar-refractivity contribution in [1.82, 2.24) is 9.55 Å². The van der Waals surface area contributed by atoms with Crippen molar-refractivity contribution in [3.8, 4) is 11.4 Å². The van der Waals surface area contributed by atoms with Crippen LogP contribution in [0.1, 0.15) is 13.8 Å². The van der Waals surface area contributed by atoms with Gasteiger partial charge in [0, 0.05) is 20.8 Å². The summed E-state index contributed by atoms with van der Waals surface area (Å²) in [7, 11) is 0. The van der Waals surface area contributed by atoms with Crippen LogP contribution < -0.4 is 0 Å². The number of rotatable bonds is 1. The molecule has 2 heteroatoms. The first-order chi connectivity index (χ1) is 10.7. The minimum atomic E-state index is -2.38. The van der Waals surface area contributed by atoms with Gasteiger partial charge in [-0.25, -0.2) is 4.98 Å². The lowest BCUT2D eigenvalue weighted by Crippen LogP contribution is -1.92. The number of aryl methyl sites for hydroxylation is 2. The zero-order chi connectivity index (χ0) is 16.8. The van der Waals surface area contributed by atoms with Crippen molar-refractivity contribution >= 4 is 11.0 Å². The highest BCUT2D eigenvalue weighted by Crippen LogP contribution is 2.23. The lowest BCUT2D eigenvalue weighted by atomic mass is 10.1. The Morgan fingerprint density at radius 1 is 1.06 bits per heavy atom. The van der Waals surface area contributed by atoms with Crippen LogP contribution in [-0.2, 0) is 6.98 Å². The van der Waals surface area contributed by atoms with E-state index in [4.69, 9.17) is 8.22 Å². The molecule has 0 radical (unpaired) electrons. The van der Waals surface area contributed by atoms with Crippen molar-refractivity contribution in [2.75, 3.05) is 0 Å². The third kappa shape index (κ3) is 1.62. The summed E-state index contributed by atoms with van der Waals surface area (Å²) in [6.45, 7) is -4.57. The van der Waals surface area contributed by atoms with E-state index in [1.165, 1.54) is 16.7 Å². The van der Waals surface area contributed by atoms with Crippen LogP contribution in [0.4, 0.5) is 0 Å². The first-order valence-corrected chi connectivity index (χ1v) is 5.27. The normalized spacial score (nSPS) is 17.6. The minimum absolute atomic E-state index is 0.206. The summed E-state index contributed by atoms with van der Waals surface area (Å²) in [5.41, 5.74) is 1.86. The summed E-state index contributed by atoms with van der Waals surface area (Å²) < 4.78 is 46.7. The minimum Gasteiger partial charge on any atom is -0.327 e. The first-order valence-electron chi connectivity index (χ1n) is 8.27. The van der Waals surface area contributed by atoms with Gasteiger partial charge in [0.25, 0.3) is 0 Å². The van der Waals surface area contributed by atoms with E-state index in [0.717, 1.165) is 0 Å². The first kappa shape index (κ1) is 5.50. The van der Waals surface area contributed by atoms with Crippen molar-refractivity contribution < 1.29 is 8.22 Å². The fourth-order valence-corrected chi connectivity index (χ4v) is 1.84. The molecule has 2 aromatic carbocycles. The van der Waals surface area contributed by atoms with Crippen molar-refractivity contribution in [2.24, 2.45) is 6.98 Å². The summed E-state index contributed by atoms with van der Waals surface area (Å²) in [5, 5.41) is 0. The molecule has 17 heavy (non-hydrogen) atoms. The van der Waals surface area contributed by atoms with Gasteiger partial charge in [0.1, 0.15) is 5.82 Å². The maximum Gasteiger partial charge on any atom is 0.140 e. The van der Waals surface area contributed by atoms with Crippen LogP contribution >= 0.6 is 0 Å².